The van der Waals surface area contributed by atoms with E-state index in [0.29, 0.717) is 0 Å². The topological polar surface area (TPSA) is 112 Å². The smallest absolute Gasteiger partial charge is 0.300 e. The van der Waals surface area contributed by atoms with Gasteiger partial charge in [-0.1, -0.05) is 0 Å². The molecule has 6 nitrogen and oxygen atoms in total. The van der Waals surface area contributed by atoms with Crippen molar-refractivity contribution >= 4 is 71.4 Å². The monoisotopic (exact) mass is 330 g/mol. The molecule has 2 radical (unpaired) electrons. The lowest BCUT2D eigenvalue weighted by Crippen LogP contribution is -1.78. The van der Waals surface area contributed by atoms with Crippen LogP contribution in [0.4, 0.5) is 0 Å². The highest BCUT2D eigenvalue weighted by atomic mass is 35.5. The fraction of sp³-hybridized carbons (Fsp3) is 0.571. The molecule has 0 fully saturated rings. The van der Waals surface area contributed by atoms with Gasteiger partial charge in [-0.3, -0.25) is 14.4 Å². The summed E-state index contributed by atoms with van der Waals surface area (Å²) in [5, 5.41) is 22.2. The zero-order valence-corrected chi connectivity index (χ0v) is 13.5. The summed E-state index contributed by atoms with van der Waals surface area (Å²) >= 11 is 2.42. The summed E-state index contributed by atoms with van der Waals surface area (Å²) < 4.78 is 0. The number of hydrogen-bond acceptors (Lipinski definition) is 3. The fourth-order valence-corrected chi connectivity index (χ4v) is 0. The third kappa shape index (κ3) is 85800. The lowest BCUT2D eigenvalue weighted by Gasteiger charge is -1.59. The predicted octanol–water partition coefficient (Wildman–Crippen LogP) is 1.74. The van der Waals surface area contributed by atoms with Crippen LogP contribution in [-0.2, 0) is 14.4 Å². The van der Waals surface area contributed by atoms with E-state index in [0.717, 1.165) is 20.8 Å². The van der Waals surface area contributed by atoms with Gasteiger partial charge in [-0.25, -0.2) is 0 Å². The minimum Gasteiger partial charge on any atom is -0.481 e. The van der Waals surface area contributed by atoms with Crippen molar-refractivity contribution in [3.63, 3.8) is 0 Å². The highest BCUT2D eigenvalue weighted by Crippen LogP contribution is 1.42. The Labute approximate surface area is 127 Å². The average molecular weight is 332 g/mol. The molecule has 0 saturated carbocycles. The standard InChI is InChI=1S/3C2H4O2.CH3.Al.3ClH/c3*1-2(3)4;;;;;/h3*1H3,(H,3,4);1H3;;3*1H. The third-order valence-electron chi connectivity index (χ3n) is 0. The molecule has 0 aromatic heterocycles. The van der Waals surface area contributed by atoms with Gasteiger partial charge in [0, 0.05) is 20.8 Å². The lowest BCUT2D eigenvalue weighted by molar-refractivity contribution is -0.135. The highest BCUT2D eigenvalue weighted by Gasteiger charge is 1.66. The summed E-state index contributed by atoms with van der Waals surface area (Å²) in [6.45, 7) is 3.25. The van der Waals surface area contributed by atoms with E-state index < -0.39 is 17.9 Å². The molecular formula is C7H18AlCl3O6. The fourth-order valence-electron chi connectivity index (χ4n) is 0. The Balaban J connectivity index is -0.0000000152. The summed E-state index contributed by atoms with van der Waals surface area (Å²) in [5.41, 5.74) is 0. The maximum atomic E-state index is 9.00. The van der Waals surface area contributed by atoms with Crippen molar-refractivity contribution in [2.75, 3.05) is 0 Å². The molecule has 3 N–H and O–H groups in total. The molecule has 106 valence electrons. The van der Waals surface area contributed by atoms with Gasteiger partial charge in [0.25, 0.3) is 17.9 Å². The third-order valence-corrected chi connectivity index (χ3v) is 0. The summed E-state index contributed by atoms with van der Waals surface area (Å²) in [5.74, 6) is -0.583. The van der Waals surface area contributed by atoms with Crippen molar-refractivity contribution in [1.29, 1.82) is 0 Å². The molecule has 0 heterocycles. The number of carbonyl (C=O) groups is 3. The van der Waals surface area contributed by atoms with Gasteiger partial charge >= 0.3 is 0 Å². The summed E-state index contributed by atoms with van der Waals surface area (Å²) in [6, 6.07) is 0. The predicted molar refractivity (Wildman–Crippen MR) is 73.3 cm³/mol. The molecule has 0 spiro atoms. The van der Waals surface area contributed by atoms with E-state index in [1.54, 1.807) is 0 Å². The van der Waals surface area contributed by atoms with E-state index in [9.17, 15) is 0 Å². The number of carboxylic acids is 3. The highest BCUT2D eigenvalue weighted by molar-refractivity contribution is 6.05. The Kier molecular flexibility index (Phi) is 115. The normalized spacial score (nSPS) is 4.71. The number of halogens is 3. The molecule has 17 heavy (non-hydrogen) atoms. The summed E-state index contributed by atoms with van der Waals surface area (Å²) in [4.78, 5) is 27.0. The Hall–Kier alpha value is -0.188. The van der Waals surface area contributed by atoms with Gasteiger partial charge in [-0.2, -0.15) is 0 Å². The molecule has 0 aromatic carbocycles. The first-order valence-electron chi connectivity index (χ1n) is 3.36. The van der Waals surface area contributed by atoms with E-state index >= 15 is 0 Å². The van der Waals surface area contributed by atoms with Gasteiger partial charge in [0.15, 0.2) is 0 Å². The maximum Gasteiger partial charge on any atom is 0.300 e. The second-order valence-electron chi connectivity index (χ2n) is 1.56. The molecule has 0 atom stereocenters. The largest absolute Gasteiger partial charge is 0.481 e. The SMILES string of the molecule is CC(=O)O.CC(=O)O.CC(=O)O.Cl.Cl.Cl.[CH3][Al]. The Bertz CT molecular complexity index is 127. The zero-order chi connectivity index (χ0) is 12.7. The van der Waals surface area contributed by atoms with Crippen LogP contribution in [0.1, 0.15) is 20.8 Å². The van der Waals surface area contributed by atoms with E-state index in [2.05, 4.69) is 16.3 Å². The van der Waals surface area contributed by atoms with E-state index in [4.69, 9.17) is 29.7 Å². The second-order valence-corrected chi connectivity index (χ2v) is 1.56. The lowest BCUT2D eigenvalue weighted by atomic mass is 10.9. The molecule has 0 rings (SSSR count). The van der Waals surface area contributed by atoms with Crippen molar-refractivity contribution < 1.29 is 29.7 Å². The molecule has 0 unspecified atom stereocenters. The molecule has 0 aromatic rings. The molecule has 0 aliphatic carbocycles. The van der Waals surface area contributed by atoms with E-state index in [1.807, 2.05) is 5.79 Å². The molecule has 0 bridgehead atoms. The van der Waals surface area contributed by atoms with Crippen LogP contribution in [0.15, 0.2) is 0 Å². The van der Waals surface area contributed by atoms with Crippen LogP contribution in [0.25, 0.3) is 0 Å². The number of aliphatic carboxylic acids is 3. The van der Waals surface area contributed by atoms with Crippen LogP contribution in [0.2, 0.25) is 5.79 Å². The van der Waals surface area contributed by atoms with Crippen LogP contribution in [0.5, 0.6) is 0 Å². The summed E-state index contributed by atoms with van der Waals surface area (Å²) in [7, 11) is 0. The Morgan fingerprint density at radius 2 is 0.647 bits per heavy atom. The van der Waals surface area contributed by atoms with Crippen LogP contribution < -0.4 is 0 Å². The number of hydrogen-bond donors (Lipinski definition) is 3. The van der Waals surface area contributed by atoms with Crippen molar-refractivity contribution in [2.45, 2.75) is 26.6 Å². The van der Waals surface area contributed by atoms with Crippen LogP contribution in [0.3, 0.4) is 0 Å². The molecule has 0 saturated heterocycles. The van der Waals surface area contributed by atoms with Gasteiger partial charge in [0.1, 0.15) is 16.3 Å². The van der Waals surface area contributed by atoms with Crippen LogP contribution in [-0.4, -0.2) is 49.5 Å². The maximum absolute atomic E-state index is 9.00. The molecule has 10 heteroatoms. The first kappa shape index (κ1) is 43.7. The van der Waals surface area contributed by atoms with Crippen molar-refractivity contribution in [2.24, 2.45) is 0 Å². The minimum absolute atomic E-state index is 0. The summed E-state index contributed by atoms with van der Waals surface area (Å²) in [6.07, 6.45) is 0. The number of carboxylic acid groups (broad SMARTS) is 3. The minimum atomic E-state index is -0.833. The number of rotatable bonds is 0. The van der Waals surface area contributed by atoms with Gasteiger partial charge in [0.2, 0.25) is 0 Å². The van der Waals surface area contributed by atoms with Crippen molar-refractivity contribution in [3.8, 4) is 0 Å². The van der Waals surface area contributed by atoms with Gasteiger partial charge in [-0.05, 0) is 0 Å². The molecule has 0 amide bonds. The molecular weight excluding hydrogens is 313 g/mol. The second kappa shape index (κ2) is 44.7. The van der Waals surface area contributed by atoms with Gasteiger partial charge in [0.05, 0.1) is 0 Å². The van der Waals surface area contributed by atoms with E-state index in [-0.39, 0.29) is 37.2 Å². The Morgan fingerprint density at radius 3 is 0.647 bits per heavy atom. The molecule has 0 aliphatic heterocycles. The first-order valence-corrected chi connectivity index (χ1v) is 4.52. The molecule has 0 aliphatic rings. The van der Waals surface area contributed by atoms with Crippen LogP contribution in [0, 0.1) is 0 Å². The van der Waals surface area contributed by atoms with Crippen LogP contribution >= 0.6 is 37.2 Å². The van der Waals surface area contributed by atoms with E-state index in [1.165, 1.54) is 0 Å². The van der Waals surface area contributed by atoms with Crippen molar-refractivity contribution in [3.05, 3.63) is 0 Å². The van der Waals surface area contributed by atoms with Gasteiger partial charge < -0.3 is 15.3 Å². The van der Waals surface area contributed by atoms with Crippen molar-refractivity contribution in [1.82, 2.24) is 0 Å². The van der Waals surface area contributed by atoms with Gasteiger partial charge in [-0.15, -0.1) is 43.0 Å². The Morgan fingerprint density at radius 1 is 0.647 bits per heavy atom. The quantitative estimate of drug-likeness (QED) is 0.583. The average Bonchev–Trinajstić information content (AvgIpc) is 1.86. The zero-order valence-electron chi connectivity index (χ0n) is 9.87. The first-order chi connectivity index (χ1) is 6.20.